The number of nitrogens with two attached hydrogens (primary N) is 1. The van der Waals surface area contributed by atoms with Crippen LogP contribution in [0.4, 0.5) is 0 Å². The second-order valence-corrected chi connectivity index (χ2v) is 5.80. The van der Waals surface area contributed by atoms with Crippen LogP contribution < -0.4 is 15.8 Å². The lowest BCUT2D eigenvalue weighted by molar-refractivity contribution is -0.141. The number of rotatable bonds is 6. The smallest absolute Gasteiger partial charge is 0.225 e. The predicted octanol–water partition coefficient (Wildman–Crippen LogP) is 1.07. The van der Waals surface area contributed by atoms with Gasteiger partial charge >= 0.3 is 0 Å². The van der Waals surface area contributed by atoms with Crippen LogP contribution >= 0.6 is 0 Å². The fourth-order valence-corrected chi connectivity index (χ4v) is 3.01. The zero-order chi connectivity index (χ0) is 16.8. The normalized spacial score (nSPS) is 21.2. The third kappa shape index (κ3) is 4.01. The Morgan fingerprint density at radius 2 is 2.09 bits per heavy atom. The summed E-state index contributed by atoms with van der Waals surface area (Å²) in [5.74, 6) is 0.557. The first kappa shape index (κ1) is 17.3. The summed E-state index contributed by atoms with van der Waals surface area (Å²) in [5, 5.41) is 2.93. The highest BCUT2D eigenvalue weighted by Crippen LogP contribution is 2.36. The van der Waals surface area contributed by atoms with Crippen molar-refractivity contribution in [2.75, 3.05) is 27.2 Å². The molecule has 1 aromatic rings. The van der Waals surface area contributed by atoms with E-state index in [1.165, 1.54) is 0 Å². The van der Waals surface area contributed by atoms with Gasteiger partial charge in [-0.05, 0) is 37.1 Å². The largest absolute Gasteiger partial charge is 0.497 e. The van der Waals surface area contributed by atoms with E-state index < -0.39 is 0 Å². The van der Waals surface area contributed by atoms with Crippen molar-refractivity contribution < 1.29 is 14.3 Å². The van der Waals surface area contributed by atoms with Gasteiger partial charge in [0.25, 0.3) is 0 Å². The summed E-state index contributed by atoms with van der Waals surface area (Å²) in [6.07, 6.45) is 1.72. The molecule has 0 spiro atoms. The minimum atomic E-state index is -0.250. The van der Waals surface area contributed by atoms with Crippen molar-refractivity contribution >= 4 is 11.8 Å². The Morgan fingerprint density at radius 3 is 2.70 bits per heavy atom. The van der Waals surface area contributed by atoms with Gasteiger partial charge in [0.1, 0.15) is 5.75 Å². The van der Waals surface area contributed by atoms with Gasteiger partial charge in [-0.2, -0.15) is 0 Å². The summed E-state index contributed by atoms with van der Waals surface area (Å²) in [4.78, 5) is 26.3. The quantitative estimate of drug-likeness (QED) is 0.768. The highest BCUT2D eigenvalue weighted by molar-refractivity contribution is 5.84. The SMILES string of the molecule is COc1ccc(C2C(C(=O)NCCCN)CCC(=O)N2C)cc1. The second kappa shape index (κ2) is 7.97. The number of hydrogen-bond donors (Lipinski definition) is 2. The molecule has 0 saturated carbocycles. The van der Waals surface area contributed by atoms with E-state index in [-0.39, 0.29) is 23.8 Å². The molecule has 2 amide bonds. The lowest BCUT2D eigenvalue weighted by Gasteiger charge is -2.38. The molecular weight excluding hydrogens is 294 g/mol. The highest BCUT2D eigenvalue weighted by atomic mass is 16.5. The van der Waals surface area contributed by atoms with E-state index in [0.29, 0.717) is 25.9 Å². The first-order chi connectivity index (χ1) is 11.1. The molecule has 1 fully saturated rings. The van der Waals surface area contributed by atoms with E-state index in [4.69, 9.17) is 10.5 Å². The molecular formula is C17H25N3O3. The maximum absolute atomic E-state index is 12.5. The number of nitrogens with one attached hydrogen (secondary N) is 1. The van der Waals surface area contributed by atoms with Crippen LogP contribution in [0.15, 0.2) is 24.3 Å². The fraction of sp³-hybridized carbons (Fsp3) is 0.529. The van der Waals surface area contributed by atoms with Crippen LogP contribution in [-0.2, 0) is 9.59 Å². The summed E-state index contributed by atoms with van der Waals surface area (Å²) >= 11 is 0. The number of ether oxygens (including phenoxy) is 1. The van der Waals surface area contributed by atoms with E-state index in [2.05, 4.69) is 5.32 Å². The average Bonchev–Trinajstić information content (AvgIpc) is 2.57. The average molecular weight is 319 g/mol. The van der Waals surface area contributed by atoms with Crippen LogP contribution in [0, 0.1) is 5.92 Å². The summed E-state index contributed by atoms with van der Waals surface area (Å²) in [5.41, 5.74) is 6.41. The Bertz CT molecular complexity index is 545. The van der Waals surface area contributed by atoms with E-state index in [9.17, 15) is 9.59 Å². The van der Waals surface area contributed by atoms with Crippen LogP contribution in [-0.4, -0.2) is 44.0 Å². The van der Waals surface area contributed by atoms with Gasteiger partial charge in [0.2, 0.25) is 11.8 Å². The van der Waals surface area contributed by atoms with E-state index in [1.54, 1.807) is 19.1 Å². The van der Waals surface area contributed by atoms with Crippen molar-refractivity contribution in [1.29, 1.82) is 0 Å². The van der Waals surface area contributed by atoms with Crippen molar-refractivity contribution in [3.63, 3.8) is 0 Å². The third-order valence-corrected chi connectivity index (χ3v) is 4.34. The number of methoxy groups -OCH3 is 1. The lowest BCUT2D eigenvalue weighted by Crippen LogP contribution is -2.46. The van der Waals surface area contributed by atoms with Gasteiger partial charge in [-0.1, -0.05) is 12.1 Å². The number of hydrogen-bond acceptors (Lipinski definition) is 4. The Balaban J connectivity index is 2.20. The summed E-state index contributed by atoms with van der Waals surface area (Å²) < 4.78 is 5.17. The molecule has 1 aromatic carbocycles. The van der Waals surface area contributed by atoms with E-state index >= 15 is 0 Å². The summed E-state index contributed by atoms with van der Waals surface area (Å²) in [6.45, 7) is 1.12. The van der Waals surface area contributed by atoms with Gasteiger partial charge in [-0.15, -0.1) is 0 Å². The monoisotopic (exact) mass is 319 g/mol. The molecule has 1 heterocycles. The Hall–Kier alpha value is -2.08. The molecule has 2 atom stereocenters. The topological polar surface area (TPSA) is 84.7 Å². The molecule has 0 aromatic heterocycles. The first-order valence-corrected chi connectivity index (χ1v) is 7.96. The molecule has 0 bridgehead atoms. The van der Waals surface area contributed by atoms with Crippen LogP contribution in [0.3, 0.4) is 0 Å². The molecule has 0 radical (unpaired) electrons. The molecule has 23 heavy (non-hydrogen) atoms. The first-order valence-electron chi connectivity index (χ1n) is 7.96. The molecule has 6 nitrogen and oxygen atoms in total. The number of nitrogens with zero attached hydrogens (tertiary/aromatic N) is 1. The minimum absolute atomic E-state index is 0.0152. The van der Waals surface area contributed by atoms with Gasteiger partial charge in [-0.25, -0.2) is 0 Å². The van der Waals surface area contributed by atoms with E-state index in [0.717, 1.165) is 17.7 Å². The molecule has 126 valence electrons. The van der Waals surface area contributed by atoms with Gasteiger partial charge in [0.05, 0.1) is 19.1 Å². The van der Waals surface area contributed by atoms with Crippen LogP contribution in [0.1, 0.15) is 30.9 Å². The molecule has 1 saturated heterocycles. The van der Waals surface area contributed by atoms with Crippen LogP contribution in [0.25, 0.3) is 0 Å². The van der Waals surface area contributed by atoms with Gasteiger partial charge in [-0.3, -0.25) is 9.59 Å². The summed E-state index contributed by atoms with van der Waals surface area (Å²) in [7, 11) is 3.37. The van der Waals surface area contributed by atoms with Crippen molar-refractivity contribution in [3.8, 4) is 5.75 Å². The third-order valence-electron chi connectivity index (χ3n) is 4.34. The number of amides is 2. The van der Waals surface area contributed by atoms with Crippen LogP contribution in [0.2, 0.25) is 0 Å². The number of benzene rings is 1. The molecule has 2 rings (SSSR count). The zero-order valence-corrected chi connectivity index (χ0v) is 13.7. The fourth-order valence-electron chi connectivity index (χ4n) is 3.01. The van der Waals surface area contributed by atoms with E-state index in [1.807, 2.05) is 24.3 Å². The van der Waals surface area contributed by atoms with Gasteiger partial charge in [0, 0.05) is 20.0 Å². The predicted molar refractivity (Wildman–Crippen MR) is 87.9 cm³/mol. The van der Waals surface area contributed by atoms with Crippen molar-refractivity contribution in [2.45, 2.75) is 25.3 Å². The maximum Gasteiger partial charge on any atom is 0.225 e. The van der Waals surface area contributed by atoms with Crippen LogP contribution in [0.5, 0.6) is 5.75 Å². The minimum Gasteiger partial charge on any atom is -0.497 e. The molecule has 2 unspecified atom stereocenters. The Morgan fingerprint density at radius 1 is 1.39 bits per heavy atom. The van der Waals surface area contributed by atoms with Crippen molar-refractivity contribution in [3.05, 3.63) is 29.8 Å². The Labute approximate surface area is 137 Å². The van der Waals surface area contributed by atoms with Gasteiger partial charge < -0.3 is 20.7 Å². The Kier molecular flexibility index (Phi) is 5.98. The lowest BCUT2D eigenvalue weighted by atomic mass is 9.84. The number of piperidine rings is 1. The standard InChI is InChI=1S/C17H25N3O3/c1-20-15(21)9-8-14(17(22)19-11-3-10-18)16(20)12-4-6-13(23-2)7-5-12/h4-7,14,16H,3,8-11,18H2,1-2H3,(H,19,22). The molecule has 1 aliphatic heterocycles. The van der Waals surface area contributed by atoms with Crippen molar-refractivity contribution in [1.82, 2.24) is 10.2 Å². The zero-order valence-electron chi connectivity index (χ0n) is 13.7. The number of carbonyl (C=O) groups is 2. The number of likely N-dealkylation sites (tertiary alicyclic amines) is 1. The summed E-state index contributed by atoms with van der Waals surface area (Å²) in [6, 6.07) is 7.29. The maximum atomic E-state index is 12.5. The highest BCUT2D eigenvalue weighted by Gasteiger charge is 2.38. The second-order valence-electron chi connectivity index (χ2n) is 5.80. The number of carbonyl (C=O) groups excluding carboxylic acids is 2. The molecule has 0 aliphatic carbocycles. The van der Waals surface area contributed by atoms with Gasteiger partial charge in [0.15, 0.2) is 0 Å². The molecule has 6 heteroatoms. The van der Waals surface area contributed by atoms with Crippen molar-refractivity contribution in [2.24, 2.45) is 11.7 Å². The molecule has 1 aliphatic rings. The molecule has 3 N–H and O–H groups in total.